The SMILES string of the molecule is C=C1C[C@@]2(CC)[C@@H](CC[C@@]2(O)/C=C/Br)[C@@H]2CC=C3CC4(CC[C@@H]3[C@@H]12)OOCC(C)C4C. The van der Waals surface area contributed by atoms with Gasteiger partial charge in [0.15, 0.2) is 0 Å². The quantitative estimate of drug-likeness (QED) is 0.344. The Labute approximate surface area is 196 Å². The number of fused-ring (bicyclic) bond motifs is 5. The molecule has 1 aliphatic heterocycles. The topological polar surface area (TPSA) is 38.7 Å². The molecule has 1 N–H and O–H groups in total. The first kappa shape index (κ1) is 22.4. The van der Waals surface area contributed by atoms with Gasteiger partial charge in [0.2, 0.25) is 0 Å². The fourth-order valence-electron chi connectivity index (χ4n) is 8.68. The fourth-order valence-corrected chi connectivity index (χ4v) is 9.11. The van der Waals surface area contributed by atoms with E-state index in [1.54, 1.807) is 5.57 Å². The molecule has 3 saturated carbocycles. The van der Waals surface area contributed by atoms with Crippen LogP contribution in [0.5, 0.6) is 0 Å². The van der Waals surface area contributed by atoms with Crippen LogP contribution in [0.25, 0.3) is 0 Å². The van der Waals surface area contributed by atoms with Gasteiger partial charge >= 0.3 is 0 Å². The number of allylic oxidation sites excluding steroid dienone is 2. The molecule has 172 valence electrons. The second kappa shape index (κ2) is 7.82. The molecule has 31 heavy (non-hydrogen) atoms. The average Bonchev–Trinajstić information content (AvgIpc) is 3.04. The number of halogens is 1. The highest BCUT2D eigenvalue weighted by molar-refractivity contribution is 9.11. The number of aliphatic hydroxyl groups is 1. The van der Waals surface area contributed by atoms with Crippen LogP contribution < -0.4 is 0 Å². The molecule has 1 heterocycles. The number of hydrogen-bond donors (Lipinski definition) is 1. The summed E-state index contributed by atoms with van der Waals surface area (Å²) in [5.41, 5.74) is 2.05. The van der Waals surface area contributed by atoms with Gasteiger partial charge in [-0.1, -0.05) is 60.5 Å². The zero-order valence-corrected chi connectivity index (χ0v) is 21.0. The van der Waals surface area contributed by atoms with Gasteiger partial charge in [0, 0.05) is 11.8 Å². The maximum atomic E-state index is 11.7. The minimum Gasteiger partial charge on any atom is -0.385 e. The van der Waals surface area contributed by atoms with E-state index in [1.807, 2.05) is 11.1 Å². The van der Waals surface area contributed by atoms with E-state index in [9.17, 15) is 5.11 Å². The Kier molecular flexibility index (Phi) is 5.65. The van der Waals surface area contributed by atoms with Crippen LogP contribution in [0.2, 0.25) is 0 Å². The molecule has 3 unspecified atom stereocenters. The molecule has 4 heteroatoms. The van der Waals surface area contributed by atoms with Crippen LogP contribution in [0.15, 0.2) is 34.9 Å². The summed E-state index contributed by atoms with van der Waals surface area (Å²) in [6.45, 7) is 12.3. The van der Waals surface area contributed by atoms with E-state index in [-0.39, 0.29) is 11.0 Å². The van der Waals surface area contributed by atoms with E-state index in [0.29, 0.717) is 42.1 Å². The summed E-state index contributed by atoms with van der Waals surface area (Å²) in [5.74, 6) is 3.40. The third-order valence-electron chi connectivity index (χ3n) is 10.6. The van der Waals surface area contributed by atoms with Crippen molar-refractivity contribution in [3.63, 3.8) is 0 Å². The first-order valence-electron chi connectivity index (χ1n) is 12.5. The lowest BCUT2D eigenvalue weighted by atomic mass is 9.48. The molecule has 3 nitrogen and oxygen atoms in total. The molecule has 1 saturated heterocycles. The summed E-state index contributed by atoms with van der Waals surface area (Å²) in [7, 11) is 0. The monoisotopic (exact) mass is 490 g/mol. The normalized spacial score (nSPS) is 52.0. The van der Waals surface area contributed by atoms with Crippen LogP contribution in [-0.4, -0.2) is 22.9 Å². The molecular weight excluding hydrogens is 452 g/mol. The lowest BCUT2D eigenvalue weighted by molar-refractivity contribution is -0.412. The number of hydrogen-bond acceptors (Lipinski definition) is 3. The fraction of sp³-hybridized carbons (Fsp3) is 0.778. The summed E-state index contributed by atoms with van der Waals surface area (Å²) >= 11 is 3.44. The third-order valence-corrected chi connectivity index (χ3v) is 10.8. The lowest BCUT2D eigenvalue weighted by Gasteiger charge is -2.58. The molecule has 0 amide bonds. The predicted molar refractivity (Wildman–Crippen MR) is 127 cm³/mol. The molecule has 9 atom stereocenters. The van der Waals surface area contributed by atoms with Gasteiger partial charge in [-0.25, -0.2) is 9.78 Å². The maximum Gasteiger partial charge on any atom is 0.110 e. The average molecular weight is 492 g/mol. The Balaban J connectivity index is 1.46. The Hall–Kier alpha value is -0.420. The van der Waals surface area contributed by atoms with Crippen molar-refractivity contribution in [2.45, 2.75) is 83.3 Å². The molecule has 5 aliphatic rings. The van der Waals surface area contributed by atoms with E-state index in [2.05, 4.69) is 49.4 Å². The van der Waals surface area contributed by atoms with Crippen molar-refractivity contribution in [3.05, 3.63) is 34.9 Å². The lowest BCUT2D eigenvalue weighted by Crippen LogP contribution is -2.55. The summed E-state index contributed by atoms with van der Waals surface area (Å²) in [6, 6.07) is 0. The van der Waals surface area contributed by atoms with Gasteiger partial charge in [0.05, 0.1) is 12.2 Å². The van der Waals surface area contributed by atoms with Crippen molar-refractivity contribution >= 4 is 15.9 Å². The van der Waals surface area contributed by atoms with Gasteiger partial charge in [0.1, 0.15) is 5.60 Å². The molecule has 4 fully saturated rings. The van der Waals surface area contributed by atoms with Crippen molar-refractivity contribution in [2.24, 2.45) is 40.9 Å². The zero-order chi connectivity index (χ0) is 22.0. The zero-order valence-electron chi connectivity index (χ0n) is 19.4. The van der Waals surface area contributed by atoms with E-state index < -0.39 is 5.60 Å². The van der Waals surface area contributed by atoms with Gasteiger partial charge in [-0.2, -0.15) is 0 Å². The highest BCUT2D eigenvalue weighted by Gasteiger charge is 2.64. The number of rotatable bonds is 2. The third kappa shape index (κ3) is 3.07. The van der Waals surface area contributed by atoms with Crippen molar-refractivity contribution in [1.29, 1.82) is 0 Å². The molecule has 0 aromatic heterocycles. The van der Waals surface area contributed by atoms with E-state index in [4.69, 9.17) is 9.78 Å². The van der Waals surface area contributed by atoms with Crippen LogP contribution in [0.1, 0.15) is 72.1 Å². The van der Waals surface area contributed by atoms with Crippen LogP contribution in [-0.2, 0) is 9.78 Å². The van der Waals surface area contributed by atoms with Crippen molar-refractivity contribution in [2.75, 3.05) is 6.61 Å². The van der Waals surface area contributed by atoms with E-state index in [0.717, 1.165) is 44.9 Å². The van der Waals surface area contributed by atoms with Crippen LogP contribution in [0.3, 0.4) is 0 Å². The maximum absolute atomic E-state index is 11.7. The molecular formula is C27H39BrO3. The van der Waals surface area contributed by atoms with Gasteiger partial charge in [-0.05, 0) is 91.5 Å². The minimum absolute atomic E-state index is 0.0684. The molecule has 0 aromatic carbocycles. The van der Waals surface area contributed by atoms with Crippen molar-refractivity contribution < 1.29 is 14.9 Å². The predicted octanol–water partition coefficient (Wildman–Crippen LogP) is 6.73. The van der Waals surface area contributed by atoms with Gasteiger partial charge in [0.25, 0.3) is 0 Å². The van der Waals surface area contributed by atoms with Gasteiger partial charge in [-0.3, -0.25) is 0 Å². The first-order valence-corrected chi connectivity index (χ1v) is 13.4. The Bertz CT molecular complexity index is 804. The summed E-state index contributed by atoms with van der Waals surface area (Å²) < 4.78 is 0. The Morgan fingerprint density at radius 2 is 2.06 bits per heavy atom. The standard InChI is InChI=1S/C27H39BrO3/c1-5-25-14-17(2)24-21-8-10-26(19(4)18(3)16-30-31-26)15-20(21)6-7-22(24)23(25)9-11-27(25,29)12-13-28/h6,12-13,18-19,21-24,29H,2,5,7-11,14-16H2,1,3-4H3/b13-12+/t18?,19?,21-,22-,23-,24+,25-,26?,27+/m0/s1. The molecule has 4 aliphatic carbocycles. The molecule has 1 spiro atoms. The van der Waals surface area contributed by atoms with Crippen LogP contribution in [0.4, 0.5) is 0 Å². The van der Waals surface area contributed by atoms with Gasteiger partial charge < -0.3 is 5.11 Å². The molecule has 0 aromatic rings. The second-order valence-corrected chi connectivity index (χ2v) is 12.0. The summed E-state index contributed by atoms with van der Waals surface area (Å²) in [6.07, 6.45) is 12.9. The second-order valence-electron chi connectivity index (χ2n) is 11.4. The smallest absolute Gasteiger partial charge is 0.110 e. The van der Waals surface area contributed by atoms with E-state index in [1.165, 1.54) is 12.0 Å². The highest BCUT2D eigenvalue weighted by Crippen LogP contribution is 2.68. The van der Waals surface area contributed by atoms with Crippen molar-refractivity contribution in [3.8, 4) is 0 Å². The minimum atomic E-state index is -0.719. The summed E-state index contributed by atoms with van der Waals surface area (Å²) in [4.78, 5) is 13.5. The van der Waals surface area contributed by atoms with Crippen LogP contribution in [0, 0.1) is 40.9 Å². The largest absolute Gasteiger partial charge is 0.385 e. The Morgan fingerprint density at radius 3 is 2.81 bits per heavy atom. The first-order chi connectivity index (χ1) is 14.8. The van der Waals surface area contributed by atoms with Gasteiger partial charge in [-0.15, -0.1) is 0 Å². The molecule has 0 bridgehead atoms. The molecule has 0 radical (unpaired) electrons. The highest BCUT2D eigenvalue weighted by atomic mass is 79.9. The van der Waals surface area contributed by atoms with Crippen LogP contribution >= 0.6 is 15.9 Å². The van der Waals surface area contributed by atoms with E-state index >= 15 is 0 Å². The Morgan fingerprint density at radius 1 is 1.26 bits per heavy atom. The summed E-state index contributed by atoms with van der Waals surface area (Å²) in [5, 5.41) is 11.7. The molecule has 5 rings (SSSR count). The van der Waals surface area contributed by atoms with Crippen molar-refractivity contribution in [1.82, 2.24) is 0 Å².